The molecule has 2 heteroatoms. The molecule has 0 radical (unpaired) electrons. The molecule has 0 amide bonds. The Hall–Kier alpha value is -1.80. The van der Waals surface area contributed by atoms with Crippen LogP contribution in [0.4, 0.5) is 0 Å². The molecule has 1 aliphatic rings. The van der Waals surface area contributed by atoms with E-state index in [-0.39, 0.29) is 6.10 Å². The van der Waals surface area contributed by atoms with Gasteiger partial charge in [-0.3, -0.25) is 0 Å². The molecule has 2 aromatic carbocycles. The van der Waals surface area contributed by atoms with Gasteiger partial charge in [0.15, 0.2) is 0 Å². The van der Waals surface area contributed by atoms with Crippen molar-refractivity contribution in [2.24, 2.45) is 0 Å². The van der Waals surface area contributed by atoms with Gasteiger partial charge >= 0.3 is 0 Å². The van der Waals surface area contributed by atoms with Gasteiger partial charge in [-0.1, -0.05) is 42.5 Å². The van der Waals surface area contributed by atoms with E-state index < -0.39 is 0 Å². The Morgan fingerprint density at radius 3 is 2.62 bits per heavy atom. The van der Waals surface area contributed by atoms with Gasteiger partial charge in [-0.15, -0.1) is 0 Å². The van der Waals surface area contributed by atoms with Crippen LogP contribution in [0.15, 0.2) is 54.6 Å². The zero-order valence-corrected chi connectivity index (χ0v) is 12.8. The van der Waals surface area contributed by atoms with Crippen molar-refractivity contribution in [3.63, 3.8) is 0 Å². The quantitative estimate of drug-likeness (QED) is 0.847. The van der Waals surface area contributed by atoms with E-state index >= 15 is 0 Å². The number of piperidine rings is 1. The first-order valence-electron chi connectivity index (χ1n) is 7.69. The van der Waals surface area contributed by atoms with E-state index in [1.807, 2.05) is 0 Å². The van der Waals surface area contributed by atoms with E-state index in [1.54, 1.807) is 0 Å². The van der Waals surface area contributed by atoms with E-state index in [1.165, 1.54) is 11.1 Å². The summed E-state index contributed by atoms with van der Waals surface area (Å²) >= 11 is 0. The summed E-state index contributed by atoms with van der Waals surface area (Å²) in [5.74, 6) is 1.43. The molecule has 21 heavy (non-hydrogen) atoms. The molecule has 0 spiro atoms. The molecule has 0 aromatic heterocycles. The minimum absolute atomic E-state index is 0.255. The Balaban J connectivity index is 1.81. The number of benzene rings is 2. The molecular weight excluding hydrogens is 258 g/mol. The highest BCUT2D eigenvalue weighted by Gasteiger charge is 2.30. The largest absolute Gasteiger partial charge is 0.490 e. The summed E-state index contributed by atoms with van der Waals surface area (Å²) in [6.45, 7) is 4.26. The Morgan fingerprint density at radius 2 is 1.86 bits per heavy atom. The third-order valence-electron chi connectivity index (χ3n) is 4.26. The van der Waals surface area contributed by atoms with E-state index in [0.717, 1.165) is 25.3 Å². The van der Waals surface area contributed by atoms with Crippen LogP contribution in [0.3, 0.4) is 0 Å². The van der Waals surface area contributed by atoms with Crippen LogP contribution in [0, 0.1) is 6.92 Å². The standard InChI is InChI=1S/C19H23NO/c1-15-7-6-10-17(13-15)21-19-11-12-20(2)14-18(19)16-8-4-3-5-9-16/h3-10,13,18-19H,11-12,14H2,1-2H3/t18-,19+/m0/s1. The maximum Gasteiger partial charge on any atom is 0.120 e. The summed E-state index contributed by atoms with van der Waals surface area (Å²) in [6, 6.07) is 19.1. The molecule has 1 fully saturated rings. The minimum atomic E-state index is 0.255. The lowest BCUT2D eigenvalue weighted by atomic mass is 9.88. The Labute approximate surface area is 127 Å². The molecule has 2 nitrogen and oxygen atoms in total. The Kier molecular flexibility index (Phi) is 4.26. The second-order valence-electron chi connectivity index (χ2n) is 6.04. The summed E-state index contributed by atoms with van der Waals surface area (Å²) in [5.41, 5.74) is 2.62. The summed E-state index contributed by atoms with van der Waals surface area (Å²) in [4.78, 5) is 2.40. The molecular formula is C19H23NO. The highest BCUT2D eigenvalue weighted by molar-refractivity contribution is 5.29. The molecule has 0 bridgehead atoms. The number of hydrogen-bond acceptors (Lipinski definition) is 2. The lowest BCUT2D eigenvalue weighted by Crippen LogP contribution is -2.42. The van der Waals surface area contributed by atoms with Gasteiger partial charge in [0.1, 0.15) is 11.9 Å². The minimum Gasteiger partial charge on any atom is -0.490 e. The van der Waals surface area contributed by atoms with Gasteiger partial charge < -0.3 is 9.64 Å². The van der Waals surface area contributed by atoms with E-state index in [4.69, 9.17) is 4.74 Å². The maximum atomic E-state index is 6.32. The third-order valence-corrected chi connectivity index (χ3v) is 4.26. The second kappa shape index (κ2) is 6.31. The summed E-state index contributed by atoms with van der Waals surface area (Å²) in [6.07, 6.45) is 1.33. The van der Waals surface area contributed by atoms with Crippen LogP contribution < -0.4 is 4.74 Å². The highest BCUT2D eigenvalue weighted by Crippen LogP contribution is 2.30. The zero-order chi connectivity index (χ0) is 14.7. The molecule has 0 N–H and O–H groups in total. The van der Waals surface area contributed by atoms with Crippen molar-refractivity contribution >= 4 is 0 Å². The van der Waals surface area contributed by atoms with Crippen molar-refractivity contribution in [1.29, 1.82) is 0 Å². The molecule has 110 valence electrons. The lowest BCUT2D eigenvalue weighted by Gasteiger charge is -2.37. The summed E-state index contributed by atoms with van der Waals surface area (Å²) < 4.78 is 6.32. The van der Waals surface area contributed by atoms with Gasteiger partial charge in [-0.2, -0.15) is 0 Å². The first-order chi connectivity index (χ1) is 10.2. The first-order valence-corrected chi connectivity index (χ1v) is 7.69. The number of likely N-dealkylation sites (tertiary alicyclic amines) is 1. The normalized spacial score (nSPS) is 23.0. The molecule has 1 aliphatic heterocycles. The fraction of sp³-hybridized carbons (Fsp3) is 0.368. The van der Waals surface area contributed by atoms with E-state index in [2.05, 4.69) is 73.5 Å². The van der Waals surface area contributed by atoms with Gasteiger partial charge in [0.25, 0.3) is 0 Å². The zero-order valence-electron chi connectivity index (χ0n) is 12.8. The Bertz CT molecular complexity index is 581. The third kappa shape index (κ3) is 3.45. The van der Waals surface area contributed by atoms with Crippen LogP contribution in [0.5, 0.6) is 5.75 Å². The number of likely N-dealkylation sites (N-methyl/N-ethyl adjacent to an activating group) is 1. The van der Waals surface area contributed by atoms with Gasteiger partial charge in [0, 0.05) is 19.0 Å². The smallest absolute Gasteiger partial charge is 0.120 e. The predicted octanol–water partition coefficient (Wildman–Crippen LogP) is 3.86. The number of nitrogens with zero attached hydrogens (tertiary/aromatic N) is 1. The molecule has 2 aromatic rings. The van der Waals surface area contributed by atoms with Gasteiger partial charge in [0.05, 0.1) is 0 Å². The van der Waals surface area contributed by atoms with Crippen molar-refractivity contribution in [2.75, 3.05) is 20.1 Å². The SMILES string of the molecule is Cc1cccc(O[C@@H]2CCN(C)C[C@H]2c2ccccc2)c1. The monoisotopic (exact) mass is 281 g/mol. The van der Waals surface area contributed by atoms with Crippen molar-refractivity contribution in [3.8, 4) is 5.75 Å². The van der Waals surface area contributed by atoms with Gasteiger partial charge in [-0.25, -0.2) is 0 Å². The van der Waals surface area contributed by atoms with Crippen LogP contribution >= 0.6 is 0 Å². The van der Waals surface area contributed by atoms with Crippen LogP contribution in [-0.2, 0) is 0 Å². The van der Waals surface area contributed by atoms with Crippen molar-refractivity contribution < 1.29 is 4.74 Å². The van der Waals surface area contributed by atoms with Crippen LogP contribution in [0.25, 0.3) is 0 Å². The number of rotatable bonds is 3. The average molecular weight is 281 g/mol. The van der Waals surface area contributed by atoms with Crippen LogP contribution in [-0.4, -0.2) is 31.1 Å². The first kappa shape index (κ1) is 14.2. The van der Waals surface area contributed by atoms with Crippen molar-refractivity contribution in [3.05, 3.63) is 65.7 Å². The summed E-state index contributed by atoms with van der Waals surface area (Å²) in [5, 5.41) is 0. The summed E-state index contributed by atoms with van der Waals surface area (Å²) in [7, 11) is 2.19. The maximum absolute atomic E-state index is 6.32. The van der Waals surface area contributed by atoms with Crippen LogP contribution in [0.2, 0.25) is 0 Å². The van der Waals surface area contributed by atoms with Gasteiger partial charge in [0.2, 0.25) is 0 Å². The number of hydrogen-bond donors (Lipinski definition) is 0. The number of ether oxygens (including phenoxy) is 1. The number of aryl methyl sites for hydroxylation is 1. The Morgan fingerprint density at radius 1 is 1.05 bits per heavy atom. The van der Waals surface area contributed by atoms with Gasteiger partial charge in [-0.05, 0) is 43.7 Å². The topological polar surface area (TPSA) is 12.5 Å². The molecule has 2 atom stereocenters. The second-order valence-corrected chi connectivity index (χ2v) is 6.04. The predicted molar refractivity (Wildman–Crippen MR) is 86.9 cm³/mol. The molecule has 3 rings (SSSR count). The van der Waals surface area contributed by atoms with Crippen LogP contribution in [0.1, 0.15) is 23.5 Å². The lowest BCUT2D eigenvalue weighted by molar-refractivity contribution is 0.0902. The molecule has 1 saturated heterocycles. The average Bonchev–Trinajstić information content (AvgIpc) is 2.50. The molecule has 0 saturated carbocycles. The van der Waals surface area contributed by atoms with Crippen molar-refractivity contribution in [1.82, 2.24) is 4.90 Å². The van der Waals surface area contributed by atoms with E-state index in [0.29, 0.717) is 5.92 Å². The molecule has 0 unspecified atom stereocenters. The molecule has 1 heterocycles. The molecule has 0 aliphatic carbocycles. The fourth-order valence-corrected chi connectivity index (χ4v) is 3.12. The van der Waals surface area contributed by atoms with E-state index in [9.17, 15) is 0 Å². The van der Waals surface area contributed by atoms with Crippen molar-refractivity contribution in [2.45, 2.75) is 25.4 Å². The highest BCUT2D eigenvalue weighted by atomic mass is 16.5. The fourth-order valence-electron chi connectivity index (χ4n) is 3.12.